The van der Waals surface area contributed by atoms with E-state index in [4.69, 9.17) is 4.74 Å². The van der Waals surface area contributed by atoms with Crippen molar-refractivity contribution >= 4 is 16.8 Å². The molecule has 3 aromatic rings. The van der Waals surface area contributed by atoms with Crippen molar-refractivity contribution in [3.05, 3.63) is 53.7 Å². The fourth-order valence-corrected chi connectivity index (χ4v) is 3.83. The first kappa shape index (κ1) is 16.8. The van der Waals surface area contributed by atoms with Crippen molar-refractivity contribution in [2.24, 2.45) is 7.05 Å². The molecule has 136 valence electrons. The van der Waals surface area contributed by atoms with Crippen LogP contribution >= 0.6 is 0 Å². The molecule has 0 fully saturated rings. The van der Waals surface area contributed by atoms with Gasteiger partial charge >= 0.3 is 0 Å². The van der Waals surface area contributed by atoms with Gasteiger partial charge in [0.05, 0.1) is 30.1 Å². The Kier molecular flexibility index (Phi) is 4.28. The highest BCUT2D eigenvalue weighted by Crippen LogP contribution is 2.29. The van der Waals surface area contributed by atoms with Crippen LogP contribution in [-0.2, 0) is 24.9 Å². The first-order valence-electron chi connectivity index (χ1n) is 9.09. The van der Waals surface area contributed by atoms with Crippen molar-refractivity contribution in [1.82, 2.24) is 19.0 Å². The molecule has 26 heavy (non-hydrogen) atoms. The van der Waals surface area contributed by atoms with E-state index in [0.29, 0.717) is 19.8 Å². The van der Waals surface area contributed by atoms with Crippen LogP contribution in [0, 0.1) is 0 Å². The van der Waals surface area contributed by atoms with Crippen molar-refractivity contribution in [3.8, 4) is 0 Å². The quantitative estimate of drug-likeness (QED) is 0.725. The topological polar surface area (TPSA) is 52.3 Å². The van der Waals surface area contributed by atoms with Crippen LogP contribution in [0.3, 0.4) is 0 Å². The molecule has 1 aliphatic heterocycles. The van der Waals surface area contributed by atoms with Gasteiger partial charge in [-0.25, -0.2) is 4.98 Å². The van der Waals surface area contributed by atoms with E-state index < -0.39 is 0 Å². The number of carbonyl (C=O) groups is 1. The largest absolute Gasteiger partial charge is 0.375 e. The van der Waals surface area contributed by atoms with Crippen molar-refractivity contribution in [2.45, 2.75) is 33.0 Å². The average molecular weight is 352 g/mol. The van der Waals surface area contributed by atoms with Gasteiger partial charge in [0.25, 0.3) is 5.91 Å². The molecule has 6 heteroatoms. The lowest BCUT2D eigenvalue weighted by atomic mass is 10.1. The highest BCUT2D eigenvalue weighted by atomic mass is 16.5. The number of ether oxygens (including phenoxy) is 1. The standard InChI is InChI=1S/C20H24N4O2/c1-4-26-13-15-11-21-19-14(2)23(9-10-24(15)19)20(25)17-12-22(3)18-8-6-5-7-16(17)18/h5-8,11-12,14H,4,9-10,13H2,1-3H3/t14-/m0/s1. The zero-order valence-corrected chi connectivity index (χ0v) is 15.5. The van der Waals surface area contributed by atoms with Gasteiger partial charge in [-0.1, -0.05) is 18.2 Å². The molecule has 0 saturated carbocycles. The third-order valence-corrected chi connectivity index (χ3v) is 5.22. The smallest absolute Gasteiger partial charge is 0.256 e. The van der Waals surface area contributed by atoms with E-state index in [1.807, 2.05) is 67.0 Å². The molecule has 0 saturated heterocycles. The SMILES string of the molecule is CCOCc1cnc2n1CCN(C(=O)c1cn(C)c3ccccc13)[C@H]2C. The summed E-state index contributed by atoms with van der Waals surface area (Å²) in [4.78, 5) is 19.8. The van der Waals surface area contributed by atoms with E-state index in [0.717, 1.165) is 34.5 Å². The third kappa shape index (κ3) is 2.61. The third-order valence-electron chi connectivity index (χ3n) is 5.22. The maximum absolute atomic E-state index is 13.3. The number of amides is 1. The highest BCUT2D eigenvalue weighted by molar-refractivity contribution is 6.07. The van der Waals surface area contributed by atoms with Crippen LogP contribution in [0.25, 0.3) is 10.9 Å². The molecule has 2 aromatic heterocycles. The Bertz CT molecular complexity index is 956. The first-order valence-corrected chi connectivity index (χ1v) is 9.09. The Morgan fingerprint density at radius 2 is 2.12 bits per heavy atom. The molecule has 1 atom stereocenters. The Balaban J connectivity index is 1.64. The van der Waals surface area contributed by atoms with Gasteiger partial charge in [-0.3, -0.25) is 4.79 Å². The number of hydrogen-bond acceptors (Lipinski definition) is 3. The van der Waals surface area contributed by atoms with Crippen LogP contribution in [0.5, 0.6) is 0 Å². The van der Waals surface area contributed by atoms with Crippen LogP contribution in [-0.4, -0.2) is 38.1 Å². The van der Waals surface area contributed by atoms with E-state index in [1.54, 1.807) is 0 Å². The molecule has 0 N–H and O–H groups in total. The van der Waals surface area contributed by atoms with Gasteiger partial charge < -0.3 is 18.8 Å². The minimum absolute atomic E-state index is 0.0643. The highest BCUT2D eigenvalue weighted by Gasteiger charge is 2.32. The average Bonchev–Trinajstić information content (AvgIpc) is 3.22. The minimum Gasteiger partial charge on any atom is -0.375 e. The summed E-state index contributed by atoms with van der Waals surface area (Å²) < 4.78 is 9.73. The zero-order valence-electron chi connectivity index (χ0n) is 15.5. The van der Waals surface area contributed by atoms with Crippen molar-refractivity contribution in [2.75, 3.05) is 13.2 Å². The number of fused-ring (bicyclic) bond motifs is 2. The summed E-state index contributed by atoms with van der Waals surface area (Å²) >= 11 is 0. The number of para-hydroxylation sites is 1. The number of rotatable bonds is 4. The van der Waals surface area contributed by atoms with Crippen LogP contribution in [0.4, 0.5) is 0 Å². The van der Waals surface area contributed by atoms with Gasteiger partial charge in [0.2, 0.25) is 0 Å². The van der Waals surface area contributed by atoms with Crippen LogP contribution < -0.4 is 0 Å². The molecule has 3 heterocycles. The van der Waals surface area contributed by atoms with E-state index >= 15 is 0 Å². The second kappa shape index (κ2) is 6.61. The van der Waals surface area contributed by atoms with Crippen LogP contribution in [0.1, 0.15) is 41.8 Å². The zero-order chi connectivity index (χ0) is 18.3. The summed E-state index contributed by atoms with van der Waals surface area (Å²) in [6, 6.07) is 7.96. The fourth-order valence-electron chi connectivity index (χ4n) is 3.83. The number of aromatic nitrogens is 3. The minimum atomic E-state index is -0.0643. The number of hydrogen-bond donors (Lipinski definition) is 0. The van der Waals surface area contributed by atoms with Crippen molar-refractivity contribution < 1.29 is 9.53 Å². The molecule has 0 aliphatic carbocycles. The lowest BCUT2D eigenvalue weighted by Crippen LogP contribution is -2.41. The summed E-state index contributed by atoms with van der Waals surface area (Å²) in [5, 5.41) is 0.998. The van der Waals surface area contributed by atoms with E-state index in [1.165, 1.54) is 0 Å². The normalized spacial score (nSPS) is 16.9. The summed E-state index contributed by atoms with van der Waals surface area (Å²) in [7, 11) is 1.98. The molecule has 4 rings (SSSR count). The second-order valence-electron chi connectivity index (χ2n) is 6.74. The van der Waals surface area contributed by atoms with Gasteiger partial charge in [0, 0.05) is 43.8 Å². The lowest BCUT2D eigenvalue weighted by molar-refractivity contribution is 0.0631. The number of nitrogens with zero attached hydrogens (tertiary/aromatic N) is 4. The molecule has 0 radical (unpaired) electrons. The molecule has 0 unspecified atom stereocenters. The predicted molar refractivity (Wildman–Crippen MR) is 99.9 cm³/mol. The van der Waals surface area contributed by atoms with E-state index in [-0.39, 0.29) is 11.9 Å². The maximum Gasteiger partial charge on any atom is 0.256 e. The van der Waals surface area contributed by atoms with Crippen LogP contribution in [0.15, 0.2) is 36.7 Å². The summed E-state index contributed by atoms with van der Waals surface area (Å²) in [6.45, 7) is 6.70. The number of imidazole rings is 1. The molecule has 0 spiro atoms. The number of carbonyl (C=O) groups excluding carboxylic acids is 1. The Morgan fingerprint density at radius 1 is 1.31 bits per heavy atom. The van der Waals surface area contributed by atoms with Crippen molar-refractivity contribution in [3.63, 3.8) is 0 Å². The Hall–Kier alpha value is -2.60. The number of aryl methyl sites for hydroxylation is 1. The van der Waals surface area contributed by atoms with Crippen LogP contribution in [0.2, 0.25) is 0 Å². The van der Waals surface area contributed by atoms with Gasteiger partial charge in [-0.15, -0.1) is 0 Å². The maximum atomic E-state index is 13.3. The van der Waals surface area contributed by atoms with Crippen molar-refractivity contribution in [1.29, 1.82) is 0 Å². The fraction of sp³-hybridized carbons (Fsp3) is 0.400. The monoisotopic (exact) mass is 352 g/mol. The van der Waals surface area contributed by atoms with Gasteiger partial charge in [-0.2, -0.15) is 0 Å². The summed E-state index contributed by atoms with van der Waals surface area (Å²) in [5.41, 5.74) is 2.90. The summed E-state index contributed by atoms with van der Waals surface area (Å²) in [6.07, 6.45) is 3.80. The molecular formula is C20H24N4O2. The molecule has 0 bridgehead atoms. The lowest BCUT2D eigenvalue weighted by Gasteiger charge is -2.34. The first-order chi connectivity index (χ1) is 12.6. The Morgan fingerprint density at radius 3 is 2.92 bits per heavy atom. The molecule has 1 amide bonds. The second-order valence-corrected chi connectivity index (χ2v) is 6.74. The predicted octanol–water partition coefficient (Wildman–Crippen LogP) is 3.13. The van der Waals surface area contributed by atoms with E-state index in [9.17, 15) is 4.79 Å². The van der Waals surface area contributed by atoms with Gasteiger partial charge in [0.1, 0.15) is 5.82 Å². The van der Waals surface area contributed by atoms with Gasteiger partial charge in [0.15, 0.2) is 0 Å². The molecule has 1 aliphatic rings. The Labute approximate surface area is 153 Å². The van der Waals surface area contributed by atoms with Gasteiger partial charge in [-0.05, 0) is 19.9 Å². The molecule has 1 aromatic carbocycles. The summed E-state index contributed by atoms with van der Waals surface area (Å²) in [5.74, 6) is 0.995. The number of benzene rings is 1. The van der Waals surface area contributed by atoms with E-state index in [2.05, 4.69) is 9.55 Å². The molecular weight excluding hydrogens is 328 g/mol. The molecule has 6 nitrogen and oxygen atoms in total.